The van der Waals surface area contributed by atoms with E-state index in [0.717, 1.165) is 18.6 Å². The summed E-state index contributed by atoms with van der Waals surface area (Å²) in [5.74, 6) is -0.317. The van der Waals surface area contributed by atoms with Crippen LogP contribution in [-0.4, -0.2) is 38.0 Å². The van der Waals surface area contributed by atoms with Gasteiger partial charge < -0.3 is 9.47 Å². The van der Waals surface area contributed by atoms with Crippen LogP contribution in [0.1, 0.15) is 13.3 Å². The second kappa shape index (κ2) is 3.92. The first kappa shape index (κ1) is 9.40. The second-order valence-electron chi connectivity index (χ2n) is 3.27. The fourth-order valence-electron chi connectivity index (χ4n) is 1.69. The number of carbonyl (C=O) groups is 1. The zero-order valence-electron chi connectivity index (χ0n) is 8.21. The summed E-state index contributed by atoms with van der Waals surface area (Å²) in [6, 6.07) is 0. The molecule has 14 heavy (non-hydrogen) atoms. The lowest BCUT2D eigenvalue weighted by atomic mass is 10.0. The van der Waals surface area contributed by atoms with E-state index in [1.54, 1.807) is 6.92 Å². The first-order chi connectivity index (χ1) is 6.83. The molecule has 2 aliphatic rings. The van der Waals surface area contributed by atoms with Gasteiger partial charge in [-0.1, -0.05) is 0 Å². The largest absolute Gasteiger partial charge is 0.461 e. The van der Waals surface area contributed by atoms with Gasteiger partial charge in [-0.05, 0) is 18.9 Å². The number of hydrogen-bond donors (Lipinski definition) is 0. The van der Waals surface area contributed by atoms with Gasteiger partial charge >= 0.3 is 5.97 Å². The number of esters is 1. The quantitative estimate of drug-likeness (QED) is 0.610. The third-order valence-corrected chi connectivity index (χ3v) is 2.40. The number of hydrogen-bond acceptors (Lipinski definition) is 4. The van der Waals surface area contributed by atoms with Crippen LogP contribution in [0.2, 0.25) is 0 Å². The summed E-state index contributed by atoms with van der Waals surface area (Å²) in [5, 5.41) is 0. The highest BCUT2D eigenvalue weighted by Crippen LogP contribution is 2.23. The van der Waals surface area contributed by atoms with E-state index < -0.39 is 0 Å². The van der Waals surface area contributed by atoms with Crippen LogP contribution in [-0.2, 0) is 14.3 Å². The first-order valence-corrected chi connectivity index (χ1v) is 4.83. The van der Waals surface area contributed by atoms with Crippen molar-refractivity contribution in [1.29, 1.82) is 0 Å². The Morgan fingerprint density at radius 1 is 1.64 bits per heavy atom. The van der Waals surface area contributed by atoms with Crippen molar-refractivity contribution in [1.82, 2.24) is 0 Å². The molecule has 0 fully saturated rings. The molecule has 0 aliphatic carbocycles. The molecule has 0 bridgehead atoms. The summed E-state index contributed by atoms with van der Waals surface area (Å²) in [7, 11) is 0. The van der Waals surface area contributed by atoms with Crippen LogP contribution in [0.3, 0.4) is 0 Å². The Bertz CT molecular complexity index is 317. The number of ether oxygens (including phenoxy) is 2. The Hall–Kier alpha value is -1.16. The third kappa shape index (κ3) is 1.57. The maximum Gasteiger partial charge on any atom is 0.356 e. The van der Waals surface area contributed by atoms with Gasteiger partial charge in [0.15, 0.2) is 0 Å². The van der Waals surface area contributed by atoms with Gasteiger partial charge in [0.1, 0.15) is 5.71 Å². The van der Waals surface area contributed by atoms with E-state index in [2.05, 4.69) is 4.99 Å². The molecule has 0 N–H and O–H groups in total. The fourth-order valence-corrected chi connectivity index (χ4v) is 1.69. The van der Waals surface area contributed by atoms with Crippen molar-refractivity contribution in [3.05, 3.63) is 11.1 Å². The molecule has 0 aromatic heterocycles. The van der Waals surface area contributed by atoms with E-state index in [-0.39, 0.29) is 5.97 Å². The highest BCUT2D eigenvalue weighted by molar-refractivity contribution is 6.44. The molecule has 0 saturated heterocycles. The van der Waals surface area contributed by atoms with Gasteiger partial charge in [-0.15, -0.1) is 0 Å². The standard InChI is InChI=1S/C10H13NO3/c1-2-14-10(12)9-8-6-13-4-3-7(8)5-11-9/h2-6H2,1H3. The van der Waals surface area contributed by atoms with Crippen LogP contribution in [0, 0.1) is 0 Å². The Labute approximate surface area is 82.6 Å². The molecule has 4 nitrogen and oxygen atoms in total. The zero-order valence-corrected chi connectivity index (χ0v) is 8.21. The highest BCUT2D eigenvalue weighted by atomic mass is 16.5. The van der Waals surface area contributed by atoms with Crippen molar-refractivity contribution in [2.45, 2.75) is 13.3 Å². The average Bonchev–Trinajstić information content (AvgIpc) is 2.61. The predicted octanol–water partition coefficient (Wildman–Crippen LogP) is 0.721. The smallest absolute Gasteiger partial charge is 0.356 e. The van der Waals surface area contributed by atoms with E-state index in [0.29, 0.717) is 25.5 Å². The van der Waals surface area contributed by atoms with Gasteiger partial charge in [-0.25, -0.2) is 4.79 Å². The third-order valence-electron chi connectivity index (χ3n) is 2.40. The van der Waals surface area contributed by atoms with E-state index in [4.69, 9.17) is 9.47 Å². The minimum Gasteiger partial charge on any atom is -0.461 e. The van der Waals surface area contributed by atoms with Crippen molar-refractivity contribution in [3.8, 4) is 0 Å². The Kier molecular flexibility index (Phi) is 2.63. The van der Waals surface area contributed by atoms with Crippen molar-refractivity contribution in [2.75, 3.05) is 26.4 Å². The maximum absolute atomic E-state index is 11.5. The molecule has 0 unspecified atom stereocenters. The normalized spacial score (nSPS) is 20.5. The van der Waals surface area contributed by atoms with Crippen LogP contribution in [0.15, 0.2) is 16.1 Å². The summed E-state index contributed by atoms with van der Waals surface area (Å²) in [6.45, 7) is 4.08. The minimum absolute atomic E-state index is 0.317. The van der Waals surface area contributed by atoms with Gasteiger partial charge in [0.05, 0.1) is 26.4 Å². The van der Waals surface area contributed by atoms with Crippen LogP contribution >= 0.6 is 0 Å². The molecule has 0 radical (unpaired) electrons. The van der Waals surface area contributed by atoms with Crippen LogP contribution in [0.5, 0.6) is 0 Å². The molecule has 2 aliphatic heterocycles. The van der Waals surface area contributed by atoms with E-state index in [1.165, 1.54) is 5.57 Å². The Morgan fingerprint density at radius 2 is 2.50 bits per heavy atom. The van der Waals surface area contributed by atoms with Gasteiger partial charge in [-0.3, -0.25) is 4.99 Å². The van der Waals surface area contributed by atoms with Crippen molar-refractivity contribution in [2.24, 2.45) is 4.99 Å². The molecular formula is C10H13NO3. The number of rotatable bonds is 2. The van der Waals surface area contributed by atoms with Crippen molar-refractivity contribution >= 4 is 11.7 Å². The van der Waals surface area contributed by atoms with Gasteiger partial charge in [-0.2, -0.15) is 0 Å². The Morgan fingerprint density at radius 3 is 3.29 bits per heavy atom. The van der Waals surface area contributed by atoms with Crippen LogP contribution in [0.25, 0.3) is 0 Å². The fraction of sp³-hybridized carbons (Fsp3) is 0.600. The summed E-state index contributed by atoms with van der Waals surface area (Å²) in [5.41, 5.74) is 2.66. The topological polar surface area (TPSA) is 47.9 Å². The molecule has 0 saturated carbocycles. The van der Waals surface area contributed by atoms with Crippen LogP contribution < -0.4 is 0 Å². The molecule has 4 heteroatoms. The molecule has 0 aromatic rings. The van der Waals surface area contributed by atoms with E-state index in [1.807, 2.05) is 0 Å². The monoisotopic (exact) mass is 195 g/mol. The lowest BCUT2D eigenvalue weighted by Crippen LogP contribution is -2.23. The SMILES string of the molecule is CCOC(=O)C1=NCC2=C1COCC2. The predicted molar refractivity (Wildman–Crippen MR) is 51.4 cm³/mol. The number of nitrogens with zero attached hydrogens (tertiary/aromatic N) is 1. The molecule has 0 atom stereocenters. The summed E-state index contributed by atoms with van der Waals surface area (Å²) in [4.78, 5) is 15.6. The zero-order chi connectivity index (χ0) is 9.97. The van der Waals surface area contributed by atoms with E-state index >= 15 is 0 Å². The molecule has 2 rings (SSSR count). The van der Waals surface area contributed by atoms with Crippen LogP contribution in [0.4, 0.5) is 0 Å². The van der Waals surface area contributed by atoms with Gasteiger partial charge in [0.2, 0.25) is 0 Å². The summed E-state index contributed by atoms with van der Waals surface area (Å²) >= 11 is 0. The summed E-state index contributed by atoms with van der Waals surface area (Å²) < 4.78 is 10.2. The molecular weight excluding hydrogens is 182 g/mol. The highest BCUT2D eigenvalue weighted by Gasteiger charge is 2.27. The van der Waals surface area contributed by atoms with Crippen molar-refractivity contribution < 1.29 is 14.3 Å². The molecule has 0 amide bonds. The molecule has 76 valence electrons. The first-order valence-electron chi connectivity index (χ1n) is 4.83. The Balaban J connectivity index is 2.14. The summed E-state index contributed by atoms with van der Waals surface area (Å²) in [6.07, 6.45) is 0.891. The maximum atomic E-state index is 11.5. The average molecular weight is 195 g/mol. The molecule has 0 spiro atoms. The van der Waals surface area contributed by atoms with Crippen molar-refractivity contribution in [3.63, 3.8) is 0 Å². The van der Waals surface area contributed by atoms with Gasteiger partial charge in [0, 0.05) is 5.57 Å². The van der Waals surface area contributed by atoms with Gasteiger partial charge in [0.25, 0.3) is 0 Å². The number of aliphatic imine (C=N–C) groups is 1. The molecule has 2 heterocycles. The molecule has 0 aromatic carbocycles. The van der Waals surface area contributed by atoms with E-state index in [9.17, 15) is 4.79 Å². The number of carbonyl (C=O) groups excluding carboxylic acids is 1. The lowest BCUT2D eigenvalue weighted by molar-refractivity contribution is -0.135. The minimum atomic E-state index is -0.317. The lowest BCUT2D eigenvalue weighted by Gasteiger charge is -2.15. The second-order valence-corrected chi connectivity index (χ2v) is 3.27.